The molecule has 0 amide bonds. The van der Waals surface area contributed by atoms with Crippen LogP contribution in [0, 0.1) is 0 Å². The van der Waals surface area contributed by atoms with Crippen molar-refractivity contribution in [2.24, 2.45) is 5.11 Å². The lowest BCUT2D eigenvalue weighted by Gasteiger charge is -2.32. The first kappa shape index (κ1) is 17.7. The van der Waals surface area contributed by atoms with Crippen molar-refractivity contribution in [2.45, 2.75) is 36.4 Å². The fourth-order valence-corrected chi connectivity index (χ4v) is 3.68. The van der Waals surface area contributed by atoms with Gasteiger partial charge in [-0.3, -0.25) is 0 Å². The van der Waals surface area contributed by atoms with E-state index in [1.807, 2.05) is 0 Å². The summed E-state index contributed by atoms with van der Waals surface area (Å²) in [5.41, 5.74) is 10.8. The number of aromatic nitrogens is 4. The molecule has 4 rings (SSSR count). The van der Waals surface area contributed by atoms with Crippen molar-refractivity contribution in [3.05, 3.63) is 16.8 Å². The van der Waals surface area contributed by atoms with Crippen molar-refractivity contribution in [1.82, 2.24) is 19.5 Å². The third-order valence-electron chi connectivity index (χ3n) is 5.00. The zero-order valence-electron chi connectivity index (χ0n) is 14.2. The van der Waals surface area contributed by atoms with Crippen LogP contribution in [-0.2, 0) is 4.74 Å². The molecule has 1 aliphatic carbocycles. The lowest BCUT2D eigenvalue weighted by Crippen LogP contribution is -2.52. The molecule has 2 aliphatic rings. The number of nitrogens with zero attached hydrogens (tertiary/aromatic N) is 7. The maximum Gasteiger partial charge on any atom is 0.247 e. The molecule has 1 aliphatic heterocycles. The number of aliphatic hydroxyl groups is 2. The molecule has 0 aromatic carbocycles. The van der Waals surface area contributed by atoms with Gasteiger partial charge in [0.25, 0.3) is 0 Å². The van der Waals surface area contributed by atoms with Crippen LogP contribution in [0.15, 0.2) is 11.4 Å². The van der Waals surface area contributed by atoms with Crippen LogP contribution in [0.4, 0.5) is 10.3 Å². The van der Waals surface area contributed by atoms with Crippen molar-refractivity contribution in [3.8, 4) is 5.88 Å². The topological polar surface area (TPSA) is 177 Å². The second kappa shape index (κ2) is 5.89. The molecule has 5 atom stereocenters. The number of nitrogens with two attached hydrogens (primary N) is 1. The molecule has 0 spiro atoms. The normalized spacial score (nSPS) is 34.3. The van der Waals surface area contributed by atoms with E-state index in [4.69, 9.17) is 20.7 Å². The maximum absolute atomic E-state index is 15.5. The van der Waals surface area contributed by atoms with Crippen LogP contribution in [-0.4, -0.2) is 73.0 Å². The van der Waals surface area contributed by atoms with Gasteiger partial charge in [0.05, 0.1) is 26.1 Å². The summed E-state index contributed by atoms with van der Waals surface area (Å²) in [7, 11) is 0. The number of hydrogen-bond donors (Lipinski definition) is 3. The standard InChI is InChI=1S/C14H17FN8O4/c1-2-26-10-6-9(20-12(16)21-10)23(5-18-6)7-8-14(7,15)11(25)13(4-24,27-8)3-19-22-17/h5,7-8,11,24-25H,2-4H2,1H3,(H2,16,20,21)/t7?,8-,11+,13+,14+/m0/s1. The Kier molecular flexibility index (Phi) is 3.85. The molecule has 0 bridgehead atoms. The summed E-state index contributed by atoms with van der Waals surface area (Å²) in [4.78, 5) is 14.8. The molecule has 27 heavy (non-hydrogen) atoms. The van der Waals surface area contributed by atoms with Gasteiger partial charge in [-0.1, -0.05) is 5.11 Å². The summed E-state index contributed by atoms with van der Waals surface area (Å²) in [5, 5.41) is 23.4. The van der Waals surface area contributed by atoms with Gasteiger partial charge >= 0.3 is 0 Å². The van der Waals surface area contributed by atoms with Gasteiger partial charge in [-0.15, -0.1) is 0 Å². The van der Waals surface area contributed by atoms with Crippen LogP contribution < -0.4 is 10.5 Å². The summed E-state index contributed by atoms with van der Waals surface area (Å²) >= 11 is 0. The number of rotatable bonds is 6. The van der Waals surface area contributed by atoms with E-state index in [0.29, 0.717) is 12.1 Å². The van der Waals surface area contributed by atoms with Crippen LogP contribution >= 0.6 is 0 Å². The number of anilines is 1. The molecule has 1 unspecified atom stereocenters. The Bertz CT molecular complexity index is 949. The first-order valence-corrected chi connectivity index (χ1v) is 8.22. The molecule has 144 valence electrons. The second-order valence-electron chi connectivity index (χ2n) is 6.47. The first-order valence-electron chi connectivity index (χ1n) is 8.22. The summed E-state index contributed by atoms with van der Waals surface area (Å²) in [6.07, 6.45) is -1.44. The number of aliphatic hydroxyl groups excluding tert-OH is 2. The van der Waals surface area contributed by atoms with E-state index >= 15 is 4.39 Å². The molecule has 13 heteroatoms. The average Bonchev–Trinajstić information content (AvgIpc) is 2.93. The van der Waals surface area contributed by atoms with Crippen molar-refractivity contribution in [3.63, 3.8) is 0 Å². The molecule has 2 fully saturated rings. The van der Waals surface area contributed by atoms with E-state index in [9.17, 15) is 10.2 Å². The highest BCUT2D eigenvalue weighted by Gasteiger charge is 2.82. The molecular weight excluding hydrogens is 363 g/mol. The zero-order chi connectivity index (χ0) is 19.4. The van der Waals surface area contributed by atoms with Crippen LogP contribution in [0.2, 0.25) is 0 Å². The van der Waals surface area contributed by atoms with Crippen molar-refractivity contribution < 1.29 is 24.1 Å². The lowest BCUT2D eigenvalue weighted by atomic mass is 9.93. The van der Waals surface area contributed by atoms with Crippen LogP contribution in [0.3, 0.4) is 0 Å². The van der Waals surface area contributed by atoms with Crippen molar-refractivity contribution >= 4 is 17.1 Å². The minimum absolute atomic E-state index is 0.0686. The fraction of sp³-hybridized carbons (Fsp3) is 0.643. The van der Waals surface area contributed by atoms with Gasteiger partial charge in [-0.25, -0.2) is 9.37 Å². The smallest absolute Gasteiger partial charge is 0.247 e. The number of imidazole rings is 1. The van der Waals surface area contributed by atoms with E-state index in [1.54, 1.807) is 6.92 Å². The van der Waals surface area contributed by atoms with Gasteiger partial charge in [0.2, 0.25) is 11.8 Å². The highest BCUT2D eigenvalue weighted by molar-refractivity contribution is 5.78. The number of azide groups is 1. The highest BCUT2D eigenvalue weighted by Crippen LogP contribution is 2.64. The molecular formula is C14H17FN8O4. The number of hydrogen-bond acceptors (Lipinski definition) is 9. The second-order valence-corrected chi connectivity index (χ2v) is 6.47. The van der Waals surface area contributed by atoms with Crippen molar-refractivity contribution in [2.75, 3.05) is 25.5 Å². The van der Waals surface area contributed by atoms with Gasteiger partial charge in [-0.2, -0.15) is 9.97 Å². The molecule has 1 saturated carbocycles. The number of ether oxygens (including phenoxy) is 2. The lowest BCUT2D eigenvalue weighted by molar-refractivity contribution is -0.124. The Morgan fingerprint density at radius 2 is 2.33 bits per heavy atom. The van der Waals surface area contributed by atoms with Gasteiger partial charge in [0.1, 0.15) is 23.9 Å². The van der Waals surface area contributed by atoms with Gasteiger partial charge < -0.3 is 30.0 Å². The molecule has 2 aromatic heterocycles. The van der Waals surface area contributed by atoms with E-state index in [0.717, 1.165) is 0 Å². The molecule has 12 nitrogen and oxygen atoms in total. The Morgan fingerprint density at radius 3 is 2.93 bits per heavy atom. The van der Waals surface area contributed by atoms with E-state index in [2.05, 4.69) is 25.0 Å². The Morgan fingerprint density at radius 1 is 1.56 bits per heavy atom. The van der Waals surface area contributed by atoms with E-state index in [1.165, 1.54) is 10.9 Å². The Balaban J connectivity index is 1.71. The predicted octanol–water partition coefficient (Wildman–Crippen LogP) is -0.129. The first-order chi connectivity index (χ1) is 12.9. The Labute approximate surface area is 151 Å². The minimum Gasteiger partial charge on any atom is -0.476 e. The van der Waals surface area contributed by atoms with Gasteiger partial charge in [-0.05, 0) is 12.5 Å². The zero-order valence-corrected chi connectivity index (χ0v) is 14.2. The van der Waals surface area contributed by atoms with Gasteiger partial charge in [0.15, 0.2) is 16.8 Å². The molecule has 1 saturated heterocycles. The number of fused-ring (bicyclic) bond motifs is 2. The summed E-state index contributed by atoms with van der Waals surface area (Å²) in [6, 6.07) is -0.938. The Hall–Kier alpha value is -2.73. The summed E-state index contributed by atoms with van der Waals surface area (Å²) < 4.78 is 27.9. The summed E-state index contributed by atoms with van der Waals surface area (Å²) in [5.74, 6) is 0.105. The molecule has 2 aromatic rings. The number of halogens is 1. The quantitative estimate of drug-likeness (QED) is 0.352. The third-order valence-corrected chi connectivity index (χ3v) is 5.00. The number of nitrogen functional groups attached to an aromatic ring is 1. The fourth-order valence-electron chi connectivity index (χ4n) is 3.68. The SMILES string of the molecule is CCOc1nc(N)nc2c1ncn2C1[C@@H]2O[C@@](CO)(CN=[N+]=[N-])[C@@H](O)[C@@]12F. The minimum atomic E-state index is -2.20. The van der Waals surface area contributed by atoms with Gasteiger partial charge in [0, 0.05) is 4.91 Å². The average molecular weight is 380 g/mol. The maximum atomic E-state index is 15.5. The molecule has 4 N–H and O–H groups in total. The highest BCUT2D eigenvalue weighted by atomic mass is 19.1. The van der Waals surface area contributed by atoms with Crippen LogP contribution in [0.1, 0.15) is 13.0 Å². The van der Waals surface area contributed by atoms with E-state index < -0.39 is 42.7 Å². The number of alkyl halides is 1. The monoisotopic (exact) mass is 380 g/mol. The molecule has 0 radical (unpaired) electrons. The molecule has 3 heterocycles. The summed E-state index contributed by atoms with van der Waals surface area (Å²) in [6.45, 7) is 1.00. The largest absolute Gasteiger partial charge is 0.476 e. The van der Waals surface area contributed by atoms with Crippen LogP contribution in [0.25, 0.3) is 21.6 Å². The van der Waals surface area contributed by atoms with E-state index in [-0.39, 0.29) is 17.5 Å². The van der Waals surface area contributed by atoms with Crippen molar-refractivity contribution in [1.29, 1.82) is 0 Å². The van der Waals surface area contributed by atoms with Crippen LogP contribution in [0.5, 0.6) is 5.88 Å². The third kappa shape index (κ3) is 2.26. The predicted molar refractivity (Wildman–Crippen MR) is 88.5 cm³/mol.